The van der Waals surface area contributed by atoms with Crippen LogP contribution < -0.4 is 4.57 Å². The Morgan fingerprint density at radius 3 is 2.77 bits per heavy atom. The fourth-order valence-electron chi connectivity index (χ4n) is 6.25. The molecule has 31 heavy (non-hydrogen) atoms. The number of benzene rings is 2. The van der Waals surface area contributed by atoms with Crippen LogP contribution in [-0.4, -0.2) is 9.38 Å². The van der Waals surface area contributed by atoms with E-state index in [9.17, 15) is 0 Å². The number of aryl methyl sites for hydroxylation is 2. The lowest BCUT2D eigenvalue weighted by atomic mass is 9.94. The van der Waals surface area contributed by atoms with Crippen molar-refractivity contribution in [2.45, 2.75) is 39.0 Å². The normalized spacial score (nSPS) is 15.5. The van der Waals surface area contributed by atoms with Gasteiger partial charge >= 0.3 is 0 Å². The average molecular weight is 405 g/mol. The molecule has 0 unspecified atom stereocenters. The molecule has 152 valence electrons. The number of hydrogen-bond acceptors (Lipinski definition) is 1. The molecule has 1 aliphatic rings. The first-order valence-electron chi connectivity index (χ1n) is 11.6. The van der Waals surface area contributed by atoms with Crippen LogP contribution in [0.5, 0.6) is 0 Å². The third kappa shape index (κ3) is 2.29. The quantitative estimate of drug-likeness (QED) is 0.190. The van der Waals surface area contributed by atoms with Gasteiger partial charge in [-0.15, -0.1) is 0 Å². The van der Waals surface area contributed by atoms with Crippen LogP contribution in [0.15, 0.2) is 54.9 Å². The van der Waals surface area contributed by atoms with Crippen molar-refractivity contribution >= 4 is 49.1 Å². The lowest BCUT2D eigenvalue weighted by molar-refractivity contribution is -0.643. The van der Waals surface area contributed by atoms with Gasteiger partial charge in [0.1, 0.15) is 7.05 Å². The number of nitrogens with zero attached hydrogens (tertiary/aromatic N) is 3. The zero-order valence-electron chi connectivity index (χ0n) is 18.2. The monoisotopic (exact) mass is 404 g/mol. The zero-order chi connectivity index (χ0) is 20.7. The van der Waals surface area contributed by atoms with Crippen LogP contribution in [0.2, 0.25) is 0 Å². The summed E-state index contributed by atoms with van der Waals surface area (Å²) in [6, 6.07) is 16.0. The molecule has 0 bridgehead atoms. The van der Waals surface area contributed by atoms with Crippen LogP contribution in [0.4, 0.5) is 0 Å². The maximum atomic E-state index is 4.80. The van der Waals surface area contributed by atoms with Crippen LogP contribution in [0.25, 0.3) is 49.1 Å². The van der Waals surface area contributed by atoms with E-state index in [0.29, 0.717) is 0 Å². The van der Waals surface area contributed by atoms with E-state index in [1.807, 2.05) is 6.20 Å². The molecule has 3 heteroatoms. The standard InChI is InChI=1S/C28H26N3/c1-17-9-10-21-26-22(8-5-12-29-26)31-23-16-19(14-18-6-3-4-7-18)15-20-11-13-30(2)28(25(20)23)24(17)27(21)31/h5,8-13,15-16,18H,3-4,6-7,14H2,1-2H3/q+1. The van der Waals surface area contributed by atoms with Gasteiger partial charge in [0.05, 0.1) is 32.8 Å². The third-order valence-corrected chi connectivity index (χ3v) is 7.64. The van der Waals surface area contributed by atoms with Crippen molar-refractivity contribution in [3.63, 3.8) is 0 Å². The van der Waals surface area contributed by atoms with E-state index in [1.165, 1.54) is 86.8 Å². The van der Waals surface area contributed by atoms with Gasteiger partial charge in [-0.05, 0) is 54.0 Å². The van der Waals surface area contributed by atoms with Crippen LogP contribution >= 0.6 is 0 Å². The number of pyridine rings is 3. The van der Waals surface area contributed by atoms with E-state index in [4.69, 9.17) is 4.98 Å². The molecule has 1 aliphatic carbocycles. The van der Waals surface area contributed by atoms with E-state index in [0.717, 1.165) is 11.4 Å². The molecule has 0 radical (unpaired) electrons. The van der Waals surface area contributed by atoms with Crippen molar-refractivity contribution in [2.24, 2.45) is 13.0 Å². The Bertz CT molecular complexity index is 1630. The predicted octanol–water partition coefficient (Wildman–Crippen LogP) is 6.25. The molecule has 3 nitrogen and oxygen atoms in total. The summed E-state index contributed by atoms with van der Waals surface area (Å²) in [4.78, 5) is 4.80. The van der Waals surface area contributed by atoms with Crippen molar-refractivity contribution < 1.29 is 4.57 Å². The van der Waals surface area contributed by atoms with E-state index < -0.39 is 0 Å². The van der Waals surface area contributed by atoms with Crippen molar-refractivity contribution in [1.82, 2.24) is 9.38 Å². The first kappa shape index (κ1) is 17.5. The summed E-state index contributed by atoms with van der Waals surface area (Å²) >= 11 is 0. The fourth-order valence-corrected chi connectivity index (χ4v) is 6.25. The molecular weight excluding hydrogens is 378 g/mol. The molecule has 0 N–H and O–H groups in total. The maximum absolute atomic E-state index is 4.80. The molecule has 4 aromatic heterocycles. The van der Waals surface area contributed by atoms with Gasteiger partial charge in [-0.1, -0.05) is 43.9 Å². The number of hydrogen-bond donors (Lipinski definition) is 0. The maximum Gasteiger partial charge on any atom is 0.224 e. The molecule has 0 amide bonds. The topological polar surface area (TPSA) is 21.2 Å². The molecule has 0 spiro atoms. The van der Waals surface area contributed by atoms with Crippen molar-refractivity contribution in [2.75, 3.05) is 0 Å². The Labute approximate surface area is 181 Å². The van der Waals surface area contributed by atoms with Gasteiger partial charge in [0.2, 0.25) is 5.52 Å². The van der Waals surface area contributed by atoms with Crippen molar-refractivity contribution in [3.8, 4) is 0 Å². The predicted molar refractivity (Wildman–Crippen MR) is 128 cm³/mol. The molecule has 1 saturated carbocycles. The summed E-state index contributed by atoms with van der Waals surface area (Å²) in [5, 5.41) is 5.32. The lowest BCUT2D eigenvalue weighted by Crippen LogP contribution is -2.29. The summed E-state index contributed by atoms with van der Waals surface area (Å²) in [6.45, 7) is 2.24. The molecule has 7 rings (SSSR count). The van der Waals surface area contributed by atoms with Gasteiger partial charge in [-0.2, -0.15) is 0 Å². The Kier molecular flexibility index (Phi) is 3.47. The minimum Gasteiger partial charge on any atom is -0.306 e. The summed E-state index contributed by atoms with van der Waals surface area (Å²) in [6.07, 6.45) is 10.9. The minimum atomic E-state index is 0.838. The molecule has 0 saturated heterocycles. The first-order valence-corrected chi connectivity index (χ1v) is 11.6. The highest BCUT2D eigenvalue weighted by Crippen LogP contribution is 2.40. The second-order valence-electron chi connectivity index (χ2n) is 9.57. The zero-order valence-corrected chi connectivity index (χ0v) is 18.2. The molecule has 1 fully saturated rings. The van der Waals surface area contributed by atoms with Crippen molar-refractivity contribution in [1.29, 1.82) is 0 Å². The van der Waals surface area contributed by atoms with Crippen LogP contribution in [0.3, 0.4) is 0 Å². The summed E-state index contributed by atoms with van der Waals surface area (Å²) in [7, 11) is 2.18. The Hall–Kier alpha value is -3.20. The molecule has 0 atom stereocenters. The van der Waals surface area contributed by atoms with E-state index in [1.54, 1.807) is 0 Å². The second kappa shape index (κ2) is 6.16. The highest BCUT2D eigenvalue weighted by molar-refractivity contribution is 6.25. The molecule has 0 aliphatic heterocycles. The van der Waals surface area contributed by atoms with E-state index in [2.05, 4.69) is 71.6 Å². The van der Waals surface area contributed by atoms with Crippen LogP contribution in [0.1, 0.15) is 36.8 Å². The number of fused-ring (bicyclic) bond motifs is 5. The molecule has 2 aromatic carbocycles. The Morgan fingerprint density at radius 1 is 1.03 bits per heavy atom. The summed E-state index contributed by atoms with van der Waals surface area (Å²) < 4.78 is 4.80. The summed E-state index contributed by atoms with van der Waals surface area (Å²) in [5.41, 5.74) is 9.07. The van der Waals surface area contributed by atoms with Gasteiger partial charge < -0.3 is 4.40 Å². The smallest absolute Gasteiger partial charge is 0.224 e. The first-order chi connectivity index (χ1) is 15.2. The second-order valence-corrected chi connectivity index (χ2v) is 9.57. The van der Waals surface area contributed by atoms with Gasteiger partial charge in [-0.3, -0.25) is 4.98 Å². The van der Waals surface area contributed by atoms with E-state index in [-0.39, 0.29) is 0 Å². The van der Waals surface area contributed by atoms with E-state index >= 15 is 0 Å². The van der Waals surface area contributed by atoms with Gasteiger partial charge in [0.15, 0.2) is 6.20 Å². The Morgan fingerprint density at radius 2 is 1.90 bits per heavy atom. The Balaban J connectivity index is 1.73. The number of aromatic nitrogens is 3. The third-order valence-electron chi connectivity index (χ3n) is 7.64. The van der Waals surface area contributed by atoms with Crippen LogP contribution in [0, 0.1) is 12.8 Å². The highest BCUT2D eigenvalue weighted by Gasteiger charge is 2.25. The van der Waals surface area contributed by atoms with Gasteiger partial charge in [0, 0.05) is 17.6 Å². The highest BCUT2D eigenvalue weighted by atomic mass is 15.0. The molecule has 4 heterocycles. The molecular formula is C28H26N3+. The van der Waals surface area contributed by atoms with Crippen LogP contribution in [-0.2, 0) is 13.5 Å². The number of rotatable bonds is 2. The SMILES string of the molecule is Cc1ccc2c3ncccc3n3c4cc(CC5CCCC5)cc5cc[n+](C)c(c1c23)c54. The average Bonchev–Trinajstić information content (AvgIpc) is 3.40. The lowest BCUT2D eigenvalue weighted by Gasteiger charge is -2.15. The van der Waals surface area contributed by atoms with Gasteiger partial charge in [0.25, 0.3) is 0 Å². The largest absolute Gasteiger partial charge is 0.306 e. The minimum absolute atomic E-state index is 0.838. The molecule has 6 aromatic rings. The van der Waals surface area contributed by atoms with Crippen molar-refractivity contribution in [3.05, 3.63) is 66.0 Å². The fraction of sp³-hybridized carbons (Fsp3) is 0.286. The summed E-state index contributed by atoms with van der Waals surface area (Å²) in [5.74, 6) is 0.838. The van der Waals surface area contributed by atoms with Gasteiger partial charge in [-0.25, -0.2) is 4.57 Å².